The molecule has 0 radical (unpaired) electrons. The summed E-state index contributed by atoms with van der Waals surface area (Å²) in [6.45, 7) is 7.12. The summed E-state index contributed by atoms with van der Waals surface area (Å²) in [6, 6.07) is 1.23. The second-order valence-electron chi connectivity index (χ2n) is 5.45. The number of likely N-dealkylation sites (tertiary alicyclic amines) is 1. The Labute approximate surface area is 87.8 Å². The van der Waals surface area contributed by atoms with Crippen molar-refractivity contribution in [3.05, 3.63) is 0 Å². The van der Waals surface area contributed by atoms with Gasteiger partial charge in [0.05, 0.1) is 0 Å². The average Bonchev–Trinajstić information content (AvgIpc) is 2.93. The SMILES string of the molecule is CC1CN(C(C)CC2CC2)CCC1N. The smallest absolute Gasteiger partial charge is 0.00889 e. The zero-order chi connectivity index (χ0) is 10.1. The van der Waals surface area contributed by atoms with Crippen LogP contribution in [0.3, 0.4) is 0 Å². The van der Waals surface area contributed by atoms with Gasteiger partial charge in [-0.05, 0) is 38.1 Å². The highest BCUT2D eigenvalue weighted by Gasteiger charge is 2.30. The molecule has 1 heterocycles. The van der Waals surface area contributed by atoms with E-state index < -0.39 is 0 Å². The Morgan fingerprint density at radius 1 is 1.36 bits per heavy atom. The molecular formula is C12H24N2. The van der Waals surface area contributed by atoms with Crippen molar-refractivity contribution in [2.45, 2.75) is 51.6 Å². The van der Waals surface area contributed by atoms with Crippen molar-refractivity contribution in [1.82, 2.24) is 4.90 Å². The molecule has 2 heteroatoms. The number of nitrogens with zero attached hydrogens (tertiary/aromatic N) is 1. The lowest BCUT2D eigenvalue weighted by atomic mass is 9.93. The molecule has 2 rings (SSSR count). The summed E-state index contributed by atoms with van der Waals surface area (Å²) in [5, 5.41) is 0. The molecule has 0 aromatic rings. The first-order valence-electron chi connectivity index (χ1n) is 6.16. The minimum atomic E-state index is 0.444. The second-order valence-corrected chi connectivity index (χ2v) is 5.45. The van der Waals surface area contributed by atoms with Crippen molar-refractivity contribution in [3.8, 4) is 0 Å². The Morgan fingerprint density at radius 2 is 2.07 bits per heavy atom. The molecule has 1 aliphatic carbocycles. The summed E-state index contributed by atoms with van der Waals surface area (Å²) in [6.07, 6.45) is 5.57. The van der Waals surface area contributed by atoms with Gasteiger partial charge in [0.2, 0.25) is 0 Å². The Morgan fingerprint density at radius 3 is 2.64 bits per heavy atom. The zero-order valence-electron chi connectivity index (χ0n) is 9.58. The van der Waals surface area contributed by atoms with Crippen LogP contribution in [0.5, 0.6) is 0 Å². The van der Waals surface area contributed by atoms with E-state index in [9.17, 15) is 0 Å². The van der Waals surface area contributed by atoms with Crippen LogP contribution < -0.4 is 5.73 Å². The summed E-state index contributed by atoms with van der Waals surface area (Å²) in [4.78, 5) is 2.65. The molecule has 2 nitrogen and oxygen atoms in total. The summed E-state index contributed by atoms with van der Waals surface area (Å²) in [7, 11) is 0. The fraction of sp³-hybridized carbons (Fsp3) is 1.00. The first kappa shape index (κ1) is 10.4. The Balaban J connectivity index is 1.78. The lowest BCUT2D eigenvalue weighted by Gasteiger charge is -2.38. The van der Waals surface area contributed by atoms with Crippen molar-refractivity contribution in [3.63, 3.8) is 0 Å². The van der Waals surface area contributed by atoms with Crippen LogP contribution in [0.25, 0.3) is 0 Å². The molecule has 2 fully saturated rings. The van der Waals surface area contributed by atoms with Crippen LogP contribution in [0.15, 0.2) is 0 Å². The van der Waals surface area contributed by atoms with Crippen molar-refractivity contribution in [2.24, 2.45) is 17.6 Å². The minimum Gasteiger partial charge on any atom is -0.327 e. The molecule has 1 aliphatic heterocycles. The first-order chi connectivity index (χ1) is 6.66. The number of hydrogen-bond acceptors (Lipinski definition) is 2. The summed E-state index contributed by atoms with van der Waals surface area (Å²) in [5.41, 5.74) is 6.03. The third-order valence-electron chi connectivity index (χ3n) is 4.00. The molecule has 0 aromatic heterocycles. The van der Waals surface area contributed by atoms with Gasteiger partial charge in [-0.3, -0.25) is 0 Å². The van der Waals surface area contributed by atoms with Crippen molar-refractivity contribution >= 4 is 0 Å². The van der Waals surface area contributed by atoms with Gasteiger partial charge in [-0.2, -0.15) is 0 Å². The normalized spacial score (nSPS) is 37.1. The largest absolute Gasteiger partial charge is 0.327 e. The molecule has 0 amide bonds. The van der Waals surface area contributed by atoms with E-state index in [4.69, 9.17) is 5.73 Å². The summed E-state index contributed by atoms with van der Waals surface area (Å²) < 4.78 is 0. The van der Waals surface area contributed by atoms with Crippen LogP contribution in [-0.2, 0) is 0 Å². The molecule has 0 spiro atoms. The quantitative estimate of drug-likeness (QED) is 0.746. The summed E-state index contributed by atoms with van der Waals surface area (Å²) in [5.74, 6) is 1.74. The van der Waals surface area contributed by atoms with Gasteiger partial charge in [-0.25, -0.2) is 0 Å². The lowest BCUT2D eigenvalue weighted by molar-refractivity contribution is 0.116. The van der Waals surface area contributed by atoms with Crippen LogP contribution in [0.4, 0.5) is 0 Å². The fourth-order valence-corrected chi connectivity index (χ4v) is 2.58. The average molecular weight is 196 g/mol. The van der Waals surface area contributed by atoms with E-state index in [-0.39, 0.29) is 0 Å². The summed E-state index contributed by atoms with van der Waals surface area (Å²) >= 11 is 0. The van der Waals surface area contributed by atoms with E-state index in [0.717, 1.165) is 12.0 Å². The van der Waals surface area contributed by atoms with Crippen LogP contribution >= 0.6 is 0 Å². The molecule has 3 unspecified atom stereocenters. The van der Waals surface area contributed by atoms with Crippen molar-refractivity contribution < 1.29 is 0 Å². The van der Waals surface area contributed by atoms with E-state index >= 15 is 0 Å². The molecule has 2 N–H and O–H groups in total. The fourth-order valence-electron chi connectivity index (χ4n) is 2.58. The highest BCUT2D eigenvalue weighted by molar-refractivity contribution is 4.85. The minimum absolute atomic E-state index is 0.444. The molecule has 1 saturated carbocycles. The highest BCUT2D eigenvalue weighted by atomic mass is 15.2. The van der Waals surface area contributed by atoms with E-state index in [1.165, 1.54) is 38.8 Å². The topological polar surface area (TPSA) is 29.3 Å². The molecule has 2 aliphatic rings. The van der Waals surface area contributed by atoms with Crippen LogP contribution in [0, 0.1) is 11.8 Å². The van der Waals surface area contributed by atoms with Gasteiger partial charge < -0.3 is 10.6 Å². The Hall–Kier alpha value is -0.0800. The third-order valence-corrected chi connectivity index (χ3v) is 4.00. The maximum atomic E-state index is 6.03. The van der Waals surface area contributed by atoms with Gasteiger partial charge in [0.1, 0.15) is 0 Å². The molecule has 1 saturated heterocycles. The van der Waals surface area contributed by atoms with E-state index in [0.29, 0.717) is 12.0 Å². The Bertz CT molecular complexity index is 189. The lowest BCUT2D eigenvalue weighted by Crippen LogP contribution is -2.49. The predicted molar refractivity (Wildman–Crippen MR) is 60.1 cm³/mol. The maximum Gasteiger partial charge on any atom is 0.00889 e. The van der Waals surface area contributed by atoms with Gasteiger partial charge in [0, 0.05) is 18.6 Å². The number of hydrogen-bond donors (Lipinski definition) is 1. The van der Waals surface area contributed by atoms with E-state index in [2.05, 4.69) is 18.7 Å². The first-order valence-corrected chi connectivity index (χ1v) is 6.16. The van der Waals surface area contributed by atoms with Crippen molar-refractivity contribution in [2.75, 3.05) is 13.1 Å². The Kier molecular flexibility index (Phi) is 3.13. The highest BCUT2D eigenvalue weighted by Crippen LogP contribution is 2.35. The molecule has 82 valence electrons. The van der Waals surface area contributed by atoms with Crippen LogP contribution in [0.2, 0.25) is 0 Å². The van der Waals surface area contributed by atoms with Crippen LogP contribution in [0.1, 0.15) is 39.5 Å². The maximum absolute atomic E-state index is 6.03. The predicted octanol–water partition coefficient (Wildman–Crippen LogP) is 1.84. The molecular weight excluding hydrogens is 172 g/mol. The van der Waals surface area contributed by atoms with Gasteiger partial charge in [-0.15, -0.1) is 0 Å². The molecule has 3 atom stereocenters. The molecule has 0 bridgehead atoms. The van der Waals surface area contributed by atoms with E-state index in [1.807, 2.05) is 0 Å². The monoisotopic (exact) mass is 196 g/mol. The zero-order valence-corrected chi connectivity index (χ0v) is 9.58. The number of rotatable bonds is 3. The molecule has 0 aromatic carbocycles. The second kappa shape index (κ2) is 4.19. The third kappa shape index (κ3) is 2.48. The van der Waals surface area contributed by atoms with E-state index in [1.54, 1.807) is 0 Å². The van der Waals surface area contributed by atoms with Crippen molar-refractivity contribution in [1.29, 1.82) is 0 Å². The van der Waals surface area contributed by atoms with Gasteiger partial charge >= 0.3 is 0 Å². The van der Waals surface area contributed by atoms with Crippen LogP contribution in [-0.4, -0.2) is 30.1 Å². The van der Waals surface area contributed by atoms with Gasteiger partial charge in [0.15, 0.2) is 0 Å². The standard InChI is InChI=1S/C12H24N2/c1-9-8-14(6-5-12(9)13)10(2)7-11-3-4-11/h9-12H,3-8,13H2,1-2H3. The number of nitrogens with two attached hydrogens (primary N) is 1. The molecule has 14 heavy (non-hydrogen) atoms. The van der Waals surface area contributed by atoms with Gasteiger partial charge in [0.25, 0.3) is 0 Å². The van der Waals surface area contributed by atoms with Gasteiger partial charge in [-0.1, -0.05) is 19.8 Å². The number of piperidine rings is 1.